The van der Waals surface area contributed by atoms with Crippen molar-refractivity contribution < 1.29 is 13.9 Å². The number of halogens is 1. The molecule has 4 heteroatoms. The lowest BCUT2D eigenvalue weighted by atomic mass is 9.90. The van der Waals surface area contributed by atoms with Crippen molar-refractivity contribution in [2.45, 2.75) is 25.9 Å². The summed E-state index contributed by atoms with van der Waals surface area (Å²) in [5, 5.41) is 3.33. The van der Waals surface area contributed by atoms with E-state index in [4.69, 9.17) is 9.47 Å². The van der Waals surface area contributed by atoms with E-state index in [1.54, 1.807) is 14.2 Å². The van der Waals surface area contributed by atoms with Crippen LogP contribution in [0.15, 0.2) is 12.1 Å². The first-order valence-corrected chi connectivity index (χ1v) is 6.80. The van der Waals surface area contributed by atoms with Gasteiger partial charge in [-0.25, -0.2) is 4.39 Å². The summed E-state index contributed by atoms with van der Waals surface area (Å²) in [7, 11) is 3.12. The van der Waals surface area contributed by atoms with Crippen LogP contribution in [-0.4, -0.2) is 27.3 Å². The standard InChI is InChI=1S/C15H22FNO2/c1-18-10-13-14(19-2)4-3-12(15(13)16)9-11-5-7-17-8-6-11/h3-4,11,17H,5-10H2,1-2H3. The van der Waals surface area contributed by atoms with Crippen molar-refractivity contribution in [3.63, 3.8) is 0 Å². The van der Waals surface area contributed by atoms with Gasteiger partial charge in [0.05, 0.1) is 19.3 Å². The first-order valence-electron chi connectivity index (χ1n) is 6.80. The highest BCUT2D eigenvalue weighted by Crippen LogP contribution is 2.28. The van der Waals surface area contributed by atoms with Crippen LogP contribution in [0.25, 0.3) is 0 Å². The van der Waals surface area contributed by atoms with Crippen LogP contribution in [0.3, 0.4) is 0 Å². The second-order valence-corrected chi connectivity index (χ2v) is 5.05. The molecule has 0 aliphatic carbocycles. The Kier molecular flexibility index (Phi) is 5.16. The fraction of sp³-hybridized carbons (Fsp3) is 0.600. The summed E-state index contributed by atoms with van der Waals surface area (Å²) in [4.78, 5) is 0. The zero-order chi connectivity index (χ0) is 13.7. The van der Waals surface area contributed by atoms with E-state index >= 15 is 0 Å². The van der Waals surface area contributed by atoms with Gasteiger partial charge in [0.25, 0.3) is 0 Å². The van der Waals surface area contributed by atoms with Crippen molar-refractivity contribution in [1.82, 2.24) is 5.32 Å². The number of hydrogen-bond donors (Lipinski definition) is 1. The number of hydrogen-bond acceptors (Lipinski definition) is 3. The van der Waals surface area contributed by atoms with Gasteiger partial charge in [-0.3, -0.25) is 0 Å². The van der Waals surface area contributed by atoms with Crippen molar-refractivity contribution in [2.24, 2.45) is 5.92 Å². The molecule has 0 amide bonds. The van der Waals surface area contributed by atoms with Crippen LogP contribution in [0, 0.1) is 11.7 Å². The van der Waals surface area contributed by atoms with Gasteiger partial charge in [0, 0.05) is 7.11 Å². The molecule has 0 radical (unpaired) electrons. The minimum Gasteiger partial charge on any atom is -0.496 e. The molecule has 0 saturated carbocycles. The Bertz CT molecular complexity index is 417. The highest BCUT2D eigenvalue weighted by molar-refractivity contribution is 5.38. The van der Waals surface area contributed by atoms with Gasteiger partial charge in [0.15, 0.2) is 0 Å². The highest BCUT2D eigenvalue weighted by Gasteiger charge is 2.19. The van der Waals surface area contributed by atoms with Gasteiger partial charge in [0.1, 0.15) is 11.6 Å². The third-order valence-electron chi connectivity index (χ3n) is 3.76. The van der Waals surface area contributed by atoms with Crippen LogP contribution in [0.4, 0.5) is 4.39 Å². The number of nitrogens with one attached hydrogen (secondary N) is 1. The van der Waals surface area contributed by atoms with E-state index in [9.17, 15) is 4.39 Å². The maximum absolute atomic E-state index is 14.5. The number of ether oxygens (including phenoxy) is 2. The number of benzene rings is 1. The quantitative estimate of drug-likeness (QED) is 0.889. The molecule has 0 bridgehead atoms. The lowest BCUT2D eigenvalue weighted by molar-refractivity contribution is 0.177. The molecular weight excluding hydrogens is 245 g/mol. The normalized spacial score (nSPS) is 16.6. The fourth-order valence-electron chi connectivity index (χ4n) is 2.68. The monoisotopic (exact) mass is 267 g/mol. The van der Waals surface area contributed by atoms with Crippen molar-refractivity contribution in [3.05, 3.63) is 29.1 Å². The molecule has 1 aliphatic heterocycles. The molecule has 1 aliphatic rings. The van der Waals surface area contributed by atoms with Crippen molar-refractivity contribution in [1.29, 1.82) is 0 Å². The summed E-state index contributed by atoms with van der Waals surface area (Å²) in [5.74, 6) is 0.965. The van der Waals surface area contributed by atoms with Crippen LogP contribution < -0.4 is 10.1 Å². The van der Waals surface area contributed by atoms with Gasteiger partial charge in [-0.15, -0.1) is 0 Å². The molecule has 0 atom stereocenters. The Morgan fingerprint density at radius 2 is 2.00 bits per heavy atom. The second-order valence-electron chi connectivity index (χ2n) is 5.05. The topological polar surface area (TPSA) is 30.5 Å². The lowest BCUT2D eigenvalue weighted by Gasteiger charge is -2.23. The summed E-state index contributed by atoms with van der Waals surface area (Å²) in [6, 6.07) is 3.68. The van der Waals surface area contributed by atoms with E-state index in [1.165, 1.54) is 0 Å². The summed E-state index contributed by atoms with van der Waals surface area (Å²) in [6.07, 6.45) is 3.03. The van der Waals surface area contributed by atoms with Gasteiger partial charge >= 0.3 is 0 Å². The molecule has 3 nitrogen and oxygen atoms in total. The molecule has 1 aromatic carbocycles. The van der Waals surface area contributed by atoms with E-state index in [-0.39, 0.29) is 12.4 Å². The van der Waals surface area contributed by atoms with E-state index in [1.807, 2.05) is 12.1 Å². The predicted molar refractivity (Wildman–Crippen MR) is 73.0 cm³/mol. The molecule has 1 saturated heterocycles. The SMILES string of the molecule is COCc1c(OC)ccc(CC2CCNCC2)c1F. The van der Waals surface area contributed by atoms with Crippen molar-refractivity contribution in [2.75, 3.05) is 27.3 Å². The molecule has 0 aromatic heterocycles. The smallest absolute Gasteiger partial charge is 0.135 e. The molecule has 1 heterocycles. The number of methoxy groups -OCH3 is 2. The highest BCUT2D eigenvalue weighted by atomic mass is 19.1. The van der Waals surface area contributed by atoms with Gasteiger partial charge in [-0.05, 0) is 49.9 Å². The van der Waals surface area contributed by atoms with Gasteiger partial charge < -0.3 is 14.8 Å². The second kappa shape index (κ2) is 6.87. The van der Waals surface area contributed by atoms with Gasteiger partial charge in [-0.2, -0.15) is 0 Å². The third kappa shape index (κ3) is 3.45. The molecule has 106 valence electrons. The molecule has 1 aromatic rings. The van der Waals surface area contributed by atoms with E-state index in [0.29, 0.717) is 17.2 Å². The van der Waals surface area contributed by atoms with E-state index in [2.05, 4.69) is 5.32 Å². The molecule has 19 heavy (non-hydrogen) atoms. The molecule has 1 fully saturated rings. The van der Waals surface area contributed by atoms with Crippen molar-refractivity contribution >= 4 is 0 Å². The summed E-state index contributed by atoms with van der Waals surface area (Å²) in [5.41, 5.74) is 1.30. The molecule has 2 rings (SSSR count). The zero-order valence-corrected chi connectivity index (χ0v) is 11.7. The Morgan fingerprint density at radius 3 is 2.63 bits per heavy atom. The maximum Gasteiger partial charge on any atom is 0.135 e. The third-order valence-corrected chi connectivity index (χ3v) is 3.76. The summed E-state index contributed by atoms with van der Waals surface area (Å²) >= 11 is 0. The Morgan fingerprint density at radius 1 is 1.26 bits per heavy atom. The lowest BCUT2D eigenvalue weighted by Crippen LogP contribution is -2.28. The summed E-state index contributed by atoms with van der Waals surface area (Å²) < 4.78 is 24.7. The van der Waals surface area contributed by atoms with Crippen molar-refractivity contribution in [3.8, 4) is 5.75 Å². The minimum absolute atomic E-state index is 0.167. The van der Waals surface area contributed by atoms with Gasteiger partial charge in [-0.1, -0.05) is 6.07 Å². The summed E-state index contributed by atoms with van der Waals surface area (Å²) in [6.45, 7) is 2.32. The maximum atomic E-state index is 14.5. The average molecular weight is 267 g/mol. The van der Waals surface area contributed by atoms with E-state index in [0.717, 1.165) is 37.9 Å². The largest absolute Gasteiger partial charge is 0.496 e. The van der Waals surface area contributed by atoms with Crippen LogP contribution >= 0.6 is 0 Å². The molecule has 0 unspecified atom stereocenters. The van der Waals surface area contributed by atoms with Crippen LogP contribution in [0.2, 0.25) is 0 Å². The molecular formula is C15H22FNO2. The molecule has 1 N–H and O–H groups in total. The zero-order valence-electron chi connectivity index (χ0n) is 11.7. The predicted octanol–water partition coefficient (Wildman–Crippen LogP) is 2.52. The minimum atomic E-state index is -0.167. The van der Waals surface area contributed by atoms with Crippen LogP contribution in [-0.2, 0) is 17.8 Å². The van der Waals surface area contributed by atoms with E-state index < -0.39 is 0 Å². The first kappa shape index (κ1) is 14.3. The average Bonchev–Trinajstić information content (AvgIpc) is 2.45. The Hall–Kier alpha value is -1.13. The Balaban J connectivity index is 2.17. The first-order chi connectivity index (χ1) is 9.26. The Labute approximate surface area is 114 Å². The van der Waals surface area contributed by atoms with Crippen LogP contribution in [0.5, 0.6) is 5.75 Å². The number of piperidine rings is 1. The van der Waals surface area contributed by atoms with Gasteiger partial charge in [0.2, 0.25) is 0 Å². The number of rotatable bonds is 5. The fourth-order valence-corrected chi connectivity index (χ4v) is 2.68. The molecule has 0 spiro atoms. The van der Waals surface area contributed by atoms with Crippen LogP contribution in [0.1, 0.15) is 24.0 Å².